The highest BCUT2D eigenvalue weighted by Gasteiger charge is 2.02. The number of hydrogen-bond donors (Lipinski definition) is 1. The molecular formula is C12H9ClFNO. The lowest BCUT2D eigenvalue weighted by Gasteiger charge is -2.08. The summed E-state index contributed by atoms with van der Waals surface area (Å²) >= 11 is 5.76. The lowest BCUT2D eigenvalue weighted by atomic mass is 10.3. The van der Waals surface area contributed by atoms with Gasteiger partial charge in [0, 0.05) is 5.02 Å². The third-order valence-electron chi connectivity index (χ3n) is 2.01. The Bertz CT molecular complexity index is 499. The SMILES string of the molecule is Nc1cc(Cl)ccc1Oc1ccc(F)cc1. The van der Waals surface area contributed by atoms with Crippen LogP contribution in [0, 0.1) is 5.82 Å². The second kappa shape index (κ2) is 4.41. The molecule has 0 spiro atoms. The molecule has 16 heavy (non-hydrogen) atoms. The standard InChI is InChI=1S/C12H9ClFNO/c13-8-1-6-12(11(15)7-8)16-10-4-2-9(14)3-5-10/h1-7H,15H2. The van der Waals surface area contributed by atoms with E-state index in [2.05, 4.69) is 0 Å². The molecule has 0 radical (unpaired) electrons. The molecule has 82 valence electrons. The Labute approximate surface area is 97.4 Å². The Morgan fingerprint density at radius 1 is 1.06 bits per heavy atom. The summed E-state index contributed by atoms with van der Waals surface area (Å²) in [6, 6.07) is 10.6. The van der Waals surface area contributed by atoms with Crippen molar-refractivity contribution in [2.45, 2.75) is 0 Å². The first-order valence-corrected chi connectivity index (χ1v) is 5.01. The molecule has 0 fully saturated rings. The van der Waals surface area contributed by atoms with Crippen molar-refractivity contribution in [2.24, 2.45) is 0 Å². The van der Waals surface area contributed by atoms with Gasteiger partial charge in [-0.1, -0.05) is 11.6 Å². The van der Waals surface area contributed by atoms with Gasteiger partial charge in [0.2, 0.25) is 0 Å². The summed E-state index contributed by atoms with van der Waals surface area (Å²) in [5.41, 5.74) is 6.16. The van der Waals surface area contributed by atoms with Gasteiger partial charge in [0.15, 0.2) is 0 Å². The fourth-order valence-electron chi connectivity index (χ4n) is 1.24. The highest BCUT2D eigenvalue weighted by atomic mass is 35.5. The zero-order valence-corrected chi connectivity index (χ0v) is 9.04. The molecule has 0 heterocycles. The molecule has 0 aliphatic heterocycles. The third kappa shape index (κ3) is 2.44. The predicted molar refractivity (Wildman–Crippen MR) is 62.3 cm³/mol. The van der Waals surface area contributed by atoms with Crippen LogP contribution in [0.2, 0.25) is 5.02 Å². The summed E-state index contributed by atoms with van der Waals surface area (Å²) in [5, 5.41) is 0.545. The molecular weight excluding hydrogens is 229 g/mol. The molecule has 2 aromatic rings. The molecule has 0 aliphatic carbocycles. The zero-order chi connectivity index (χ0) is 11.5. The van der Waals surface area contributed by atoms with Crippen LogP contribution < -0.4 is 10.5 Å². The number of nitrogens with two attached hydrogens (primary N) is 1. The van der Waals surface area contributed by atoms with Gasteiger partial charge in [0.05, 0.1) is 5.69 Å². The highest BCUT2D eigenvalue weighted by Crippen LogP contribution is 2.29. The summed E-state index contributed by atoms with van der Waals surface area (Å²) < 4.78 is 18.1. The number of anilines is 1. The average Bonchev–Trinajstić information content (AvgIpc) is 2.25. The minimum Gasteiger partial charge on any atom is -0.455 e. The summed E-state index contributed by atoms with van der Waals surface area (Å²) in [5.74, 6) is 0.711. The van der Waals surface area contributed by atoms with Gasteiger partial charge < -0.3 is 10.5 Å². The minimum atomic E-state index is -0.309. The van der Waals surface area contributed by atoms with E-state index in [1.165, 1.54) is 24.3 Å². The van der Waals surface area contributed by atoms with Crippen LogP contribution in [0.5, 0.6) is 11.5 Å². The van der Waals surface area contributed by atoms with Crippen molar-refractivity contribution in [2.75, 3.05) is 5.73 Å². The van der Waals surface area contributed by atoms with E-state index in [0.29, 0.717) is 22.2 Å². The number of hydrogen-bond acceptors (Lipinski definition) is 2. The molecule has 2 nitrogen and oxygen atoms in total. The van der Waals surface area contributed by atoms with Crippen molar-refractivity contribution in [3.63, 3.8) is 0 Å². The van der Waals surface area contributed by atoms with Crippen molar-refractivity contribution < 1.29 is 9.13 Å². The molecule has 0 bridgehead atoms. The van der Waals surface area contributed by atoms with Crippen LogP contribution in [0.25, 0.3) is 0 Å². The molecule has 2 aromatic carbocycles. The maximum absolute atomic E-state index is 12.7. The monoisotopic (exact) mass is 237 g/mol. The van der Waals surface area contributed by atoms with Crippen LogP contribution in [0.15, 0.2) is 42.5 Å². The van der Waals surface area contributed by atoms with Crippen LogP contribution in [0.3, 0.4) is 0 Å². The topological polar surface area (TPSA) is 35.2 Å². The number of benzene rings is 2. The second-order valence-corrected chi connectivity index (χ2v) is 3.67. The molecule has 4 heteroatoms. The van der Waals surface area contributed by atoms with E-state index < -0.39 is 0 Å². The molecule has 0 saturated carbocycles. The van der Waals surface area contributed by atoms with Gasteiger partial charge in [-0.2, -0.15) is 0 Å². The first-order chi connectivity index (χ1) is 7.65. The molecule has 0 aromatic heterocycles. The maximum Gasteiger partial charge on any atom is 0.150 e. The van der Waals surface area contributed by atoms with Crippen molar-refractivity contribution in [1.29, 1.82) is 0 Å². The molecule has 2 N–H and O–H groups in total. The number of ether oxygens (including phenoxy) is 1. The average molecular weight is 238 g/mol. The zero-order valence-electron chi connectivity index (χ0n) is 8.28. The molecule has 0 atom stereocenters. The van der Waals surface area contributed by atoms with E-state index in [1.54, 1.807) is 18.2 Å². The Kier molecular flexibility index (Phi) is 2.97. The number of nitrogen functional groups attached to an aromatic ring is 1. The van der Waals surface area contributed by atoms with Crippen molar-refractivity contribution >= 4 is 17.3 Å². The fourth-order valence-corrected chi connectivity index (χ4v) is 1.42. The molecule has 0 saturated heterocycles. The summed E-state index contributed by atoms with van der Waals surface area (Å²) in [7, 11) is 0. The van der Waals surface area contributed by atoms with E-state index >= 15 is 0 Å². The van der Waals surface area contributed by atoms with Gasteiger partial charge in [0.1, 0.15) is 17.3 Å². The fraction of sp³-hybridized carbons (Fsp3) is 0. The molecule has 0 amide bonds. The third-order valence-corrected chi connectivity index (χ3v) is 2.25. The van der Waals surface area contributed by atoms with E-state index in [4.69, 9.17) is 22.1 Å². The summed E-state index contributed by atoms with van der Waals surface area (Å²) in [6.45, 7) is 0. The lowest BCUT2D eigenvalue weighted by Crippen LogP contribution is -1.91. The second-order valence-electron chi connectivity index (χ2n) is 3.24. The van der Waals surface area contributed by atoms with Gasteiger partial charge in [-0.15, -0.1) is 0 Å². The Morgan fingerprint density at radius 3 is 2.38 bits per heavy atom. The highest BCUT2D eigenvalue weighted by molar-refractivity contribution is 6.30. The largest absolute Gasteiger partial charge is 0.455 e. The minimum absolute atomic E-state index is 0.309. The van der Waals surface area contributed by atoms with Gasteiger partial charge in [-0.05, 0) is 42.5 Å². The van der Waals surface area contributed by atoms with Gasteiger partial charge in [-0.3, -0.25) is 0 Å². The van der Waals surface area contributed by atoms with Gasteiger partial charge >= 0.3 is 0 Å². The predicted octanol–water partition coefficient (Wildman–Crippen LogP) is 3.85. The smallest absolute Gasteiger partial charge is 0.150 e. The Hall–Kier alpha value is -1.74. The maximum atomic E-state index is 12.7. The molecule has 0 aliphatic rings. The van der Waals surface area contributed by atoms with E-state index in [0.717, 1.165) is 0 Å². The Morgan fingerprint density at radius 2 is 1.75 bits per heavy atom. The van der Waals surface area contributed by atoms with Crippen LogP contribution in [0.4, 0.5) is 10.1 Å². The Balaban J connectivity index is 2.23. The number of rotatable bonds is 2. The van der Waals surface area contributed by atoms with Crippen molar-refractivity contribution in [3.8, 4) is 11.5 Å². The first kappa shape index (κ1) is 10.8. The molecule has 2 rings (SSSR count). The van der Waals surface area contributed by atoms with Crippen LogP contribution >= 0.6 is 11.6 Å². The van der Waals surface area contributed by atoms with Crippen molar-refractivity contribution in [1.82, 2.24) is 0 Å². The van der Waals surface area contributed by atoms with Crippen LogP contribution in [-0.4, -0.2) is 0 Å². The summed E-state index contributed by atoms with van der Waals surface area (Å²) in [4.78, 5) is 0. The molecule has 0 unspecified atom stereocenters. The van der Waals surface area contributed by atoms with Gasteiger partial charge in [-0.25, -0.2) is 4.39 Å². The van der Waals surface area contributed by atoms with E-state index in [1.807, 2.05) is 0 Å². The summed E-state index contributed by atoms with van der Waals surface area (Å²) in [6.07, 6.45) is 0. The van der Waals surface area contributed by atoms with Crippen molar-refractivity contribution in [3.05, 3.63) is 53.3 Å². The normalized spacial score (nSPS) is 10.1. The number of halogens is 2. The lowest BCUT2D eigenvalue weighted by molar-refractivity contribution is 0.483. The van der Waals surface area contributed by atoms with E-state index in [-0.39, 0.29) is 5.82 Å². The first-order valence-electron chi connectivity index (χ1n) is 4.63. The van der Waals surface area contributed by atoms with Crippen LogP contribution in [0.1, 0.15) is 0 Å². The quantitative estimate of drug-likeness (QED) is 0.805. The van der Waals surface area contributed by atoms with Gasteiger partial charge in [0.25, 0.3) is 0 Å². The van der Waals surface area contributed by atoms with Crippen LogP contribution in [-0.2, 0) is 0 Å². The van der Waals surface area contributed by atoms with E-state index in [9.17, 15) is 4.39 Å².